The fourth-order valence-electron chi connectivity index (χ4n) is 2.64. The van der Waals surface area contributed by atoms with Crippen molar-refractivity contribution in [2.24, 2.45) is 0 Å². The molecule has 138 valence electrons. The summed E-state index contributed by atoms with van der Waals surface area (Å²) >= 11 is 0. The van der Waals surface area contributed by atoms with Crippen LogP contribution in [-0.2, 0) is 4.79 Å². The molecule has 0 radical (unpaired) electrons. The largest absolute Gasteiger partial charge is 0.324 e. The van der Waals surface area contributed by atoms with E-state index in [1.807, 2.05) is 32.9 Å². The van der Waals surface area contributed by atoms with E-state index in [-0.39, 0.29) is 18.1 Å². The van der Waals surface area contributed by atoms with Gasteiger partial charge in [0.25, 0.3) is 0 Å². The van der Waals surface area contributed by atoms with E-state index < -0.39 is 17.7 Å². The van der Waals surface area contributed by atoms with Gasteiger partial charge in [-0.05, 0) is 44.0 Å². The lowest BCUT2D eigenvalue weighted by atomic mass is 10.1. The molecular formula is C19H21F2N3O2. The minimum atomic E-state index is -0.887. The highest BCUT2D eigenvalue weighted by Gasteiger charge is 2.16. The van der Waals surface area contributed by atoms with Gasteiger partial charge in [-0.1, -0.05) is 17.7 Å². The van der Waals surface area contributed by atoms with Gasteiger partial charge in [0.05, 0.1) is 5.69 Å². The number of hydrogen-bond acceptors (Lipinski definition) is 2. The van der Waals surface area contributed by atoms with Gasteiger partial charge in [-0.25, -0.2) is 13.6 Å². The van der Waals surface area contributed by atoms with Crippen molar-refractivity contribution in [3.05, 3.63) is 58.7 Å². The Morgan fingerprint density at radius 1 is 1.00 bits per heavy atom. The molecule has 5 nitrogen and oxygen atoms in total. The second-order valence-corrected chi connectivity index (χ2v) is 6.23. The molecule has 0 aromatic heterocycles. The Kier molecular flexibility index (Phi) is 5.92. The van der Waals surface area contributed by atoms with E-state index in [0.717, 1.165) is 33.7 Å². The van der Waals surface area contributed by atoms with Crippen LogP contribution in [0, 0.1) is 32.4 Å². The molecule has 2 N–H and O–H groups in total. The number of carbonyl (C=O) groups is 2. The van der Waals surface area contributed by atoms with Crippen molar-refractivity contribution in [3.63, 3.8) is 0 Å². The highest BCUT2D eigenvalue weighted by atomic mass is 19.1. The van der Waals surface area contributed by atoms with Gasteiger partial charge in [0.1, 0.15) is 18.2 Å². The maximum Gasteiger partial charge on any atom is 0.322 e. The van der Waals surface area contributed by atoms with E-state index in [9.17, 15) is 18.4 Å². The number of hydrogen-bond donors (Lipinski definition) is 2. The number of carbonyl (C=O) groups excluding carboxylic acids is 2. The van der Waals surface area contributed by atoms with Crippen LogP contribution in [0.25, 0.3) is 0 Å². The van der Waals surface area contributed by atoms with Gasteiger partial charge in [-0.2, -0.15) is 0 Å². The Hall–Kier alpha value is -2.96. The zero-order chi connectivity index (χ0) is 19.4. The molecule has 0 heterocycles. The summed E-state index contributed by atoms with van der Waals surface area (Å²) in [5.74, 6) is -2.00. The maximum absolute atomic E-state index is 13.6. The lowest BCUT2D eigenvalue weighted by molar-refractivity contribution is -0.116. The third kappa shape index (κ3) is 4.78. The molecule has 0 saturated heterocycles. The van der Waals surface area contributed by atoms with E-state index in [0.29, 0.717) is 11.8 Å². The summed E-state index contributed by atoms with van der Waals surface area (Å²) in [7, 11) is 1.41. The molecule has 0 unspecified atom stereocenters. The predicted octanol–water partition coefficient (Wildman–Crippen LogP) is 3.99. The van der Waals surface area contributed by atoms with Gasteiger partial charge >= 0.3 is 6.03 Å². The van der Waals surface area contributed by atoms with Crippen LogP contribution in [0.5, 0.6) is 0 Å². The number of benzene rings is 2. The number of aryl methyl sites for hydroxylation is 3. The first-order valence-electron chi connectivity index (χ1n) is 8.02. The standard InChI is InChI=1S/C19H21F2N3O2/c1-11-7-12(2)18(13(3)8-11)23-17(25)10-24(4)19(26)22-16-6-5-14(20)9-15(16)21/h5-9H,10H2,1-4H3,(H,22,26)(H,23,25). The van der Waals surface area contributed by atoms with Gasteiger partial charge in [0, 0.05) is 18.8 Å². The van der Waals surface area contributed by atoms with Crippen LogP contribution in [0.2, 0.25) is 0 Å². The summed E-state index contributed by atoms with van der Waals surface area (Å²) in [6, 6.07) is 6.06. The van der Waals surface area contributed by atoms with Crippen LogP contribution in [0.3, 0.4) is 0 Å². The van der Waals surface area contributed by atoms with Crippen molar-refractivity contribution in [1.82, 2.24) is 4.90 Å². The molecule has 0 bridgehead atoms. The minimum absolute atomic E-state index is 0.158. The normalized spacial score (nSPS) is 10.4. The third-order valence-electron chi connectivity index (χ3n) is 3.84. The smallest absolute Gasteiger partial charge is 0.322 e. The van der Waals surface area contributed by atoms with Gasteiger partial charge < -0.3 is 15.5 Å². The highest BCUT2D eigenvalue weighted by molar-refractivity contribution is 5.97. The summed E-state index contributed by atoms with van der Waals surface area (Å²) in [5.41, 5.74) is 3.50. The number of likely N-dealkylation sites (N-methyl/N-ethyl adjacent to an activating group) is 1. The molecule has 0 aliphatic carbocycles. The summed E-state index contributed by atoms with van der Waals surface area (Å²) in [6.07, 6.45) is 0. The molecule has 0 spiro atoms. The molecule has 7 heteroatoms. The third-order valence-corrected chi connectivity index (χ3v) is 3.84. The van der Waals surface area contributed by atoms with E-state index in [1.54, 1.807) is 0 Å². The van der Waals surface area contributed by atoms with Crippen molar-refractivity contribution >= 4 is 23.3 Å². The lowest BCUT2D eigenvalue weighted by Gasteiger charge is -2.19. The van der Waals surface area contributed by atoms with Gasteiger partial charge in [0.15, 0.2) is 0 Å². The molecule has 3 amide bonds. The predicted molar refractivity (Wildman–Crippen MR) is 97.3 cm³/mol. The van der Waals surface area contributed by atoms with Crippen molar-refractivity contribution < 1.29 is 18.4 Å². The van der Waals surface area contributed by atoms with E-state index in [1.165, 1.54) is 7.05 Å². The Labute approximate surface area is 151 Å². The van der Waals surface area contributed by atoms with Gasteiger partial charge in [-0.15, -0.1) is 0 Å². The molecule has 0 saturated carbocycles. The molecule has 0 aliphatic heterocycles. The van der Waals surface area contributed by atoms with Crippen LogP contribution in [0.4, 0.5) is 25.0 Å². The van der Waals surface area contributed by atoms with Crippen molar-refractivity contribution in [1.29, 1.82) is 0 Å². The fourth-order valence-corrected chi connectivity index (χ4v) is 2.64. The molecule has 0 atom stereocenters. The molecule has 0 fully saturated rings. The summed E-state index contributed by atoms with van der Waals surface area (Å²) in [4.78, 5) is 25.4. The molecule has 26 heavy (non-hydrogen) atoms. The quantitative estimate of drug-likeness (QED) is 0.865. The number of nitrogens with zero attached hydrogens (tertiary/aromatic N) is 1. The average molecular weight is 361 g/mol. The molecule has 2 rings (SSSR count). The number of halogens is 2. The first-order valence-corrected chi connectivity index (χ1v) is 8.02. The van der Waals surface area contributed by atoms with E-state index in [2.05, 4.69) is 10.6 Å². The van der Waals surface area contributed by atoms with Gasteiger partial charge in [0.2, 0.25) is 5.91 Å². The molecule has 0 aliphatic rings. The number of urea groups is 1. The first kappa shape index (κ1) is 19.4. The second kappa shape index (κ2) is 7.95. The van der Waals surface area contributed by atoms with Crippen molar-refractivity contribution in [2.45, 2.75) is 20.8 Å². The fraction of sp³-hybridized carbons (Fsp3) is 0.263. The summed E-state index contributed by atoms with van der Waals surface area (Å²) in [6.45, 7) is 5.53. The topological polar surface area (TPSA) is 61.4 Å². The number of amides is 3. The van der Waals surface area contributed by atoms with Gasteiger partial charge in [-0.3, -0.25) is 4.79 Å². The first-order chi connectivity index (χ1) is 12.2. The van der Waals surface area contributed by atoms with Crippen LogP contribution >= 0.6 is 0 Å². The Bertz CT molecular complexity index is 830. The Balaban J connectivity index is 1.99. The van der Waals surface area contributed by atoms with Crippen molar-refractivity contribution in [2.75, 3.05) is 24.2 Å². The Morgan fingerprint density at radius 3 is 2.19 bits per heavy atom. The van der Waals surface area contributed by atoms with Crippen LogP contribution < -0.4 is 10.6 Å². The number of nitrogens with one attached hydrogen (secondary N) is 2. The number of rotatable bonds is 4. The molecule has 2 aromatic rings. The zero-order valence-electron chi connectivity index (χ0n) is 15.1. The van der Waals surface area contributed by atoms with Crippen LogP contribution in [0.15, 0.2) is 30.3 Å². The number of anilines is 2. The van der Waals surface area contributed by atoms with Crippen LogP contribution in [-0.4, -0.2) is 30.4 Å². The van der Waals surface area contributed by atoms with E-state index >= 15 is 0 Å². The van der Waals surface area contributed by atoms with E-state index in [4.69, 9.17) is 0 Å². The van der Waals surface area contributed by atoms with Crippen LogP contribution in [0.1, 0.15) is 16.7 Å². The van der Waals surface area contributed by atoms with Crippen molar-refractivity contribution in [3.8, 4) is 0 Å². The molecular weight excluding hydrogens is 340 g/mol. The molecule has 2 aromatic carbocycles. The Morgan fingerprint density at radius 2 is 1.62 bits per heavy atom. The second-order valence-electron chi connectivity index (χ2n) is 6.23. The lowest BCUT2D eigenvalue weighted by Crippen LogP contribution is -2.38. The average Bonchev–Trinajstić information content (AvgIpc) is 2.53. The highest BCUT2D eigenvalue weighted by Crippen LogP contribution is 2.22. The monoisotopic (exact) mass is 361 g/mol. The minimum Gasteiger partial charge on any atom is -0.324 e. The maximum atomic E-state index is 13.6. The zero-order valence-corrected chi connectivity index (χ0v) is 15.1. The SMILES string of the molecule is Cc1cc(C)c(NC(=O)CN(C)C(=O)Nc2ccc(F)cc2F)c(C)c1. The summed E-state index contributed by atoms with van der Waals surface area (Å²) in [5, 5.41) is 5.09. The summed E-state index contributed by atoms with van der Waals surface area (Å²) < 4.78 is 26.5.